The highest BCUT2D eigenvalue weighted by Crippen LogP contribution is 2.18. The lowest BCUT2D eigenvalue weighted by atomic mass is 9.97. The van der Waals surface area contributed by atoms with Gasteiger partial charge in [0.15, 0.2) is 12.6 Å². The average molecular weight is 426 g/mol. The maximum atomic E-state index is 12.6. The fourth-order valence-corrected chi connectivity index (χ4v) is 2.32. The van der Waals surface area contributed by atoms with Crippen molar-refractivity contribution in [2.24, 2.45) is 0 Å². The van der Waals surface area contributed by atoms with Crippen LogP contribution in [0.2, 0.25) is 0 Å². The first kappa shape index (κ1) is 23.9. The number of rotatable bonds is 12. The maximum absolute atomic E-state index is 12.6. The Morgan fingerprint density at radius 1 is 0.867 bits per heavy atom. The zero-order valence-electron chi connectivity index (χ0n) is 16.0. The summed E-state index contributed by atoms with van der Waals surface area (Å²) >= 11 is 0. The van der Waals surface area contributed by atoms with E-state index in [0.29, 0.717) is 12.6 Å². The maximum Gasteiger partial charge on any atom is 0.294 e. The molecule has 0 aliphatic carbocycles. The predicted molar refractivity (Wildman–Crippen MR) is 97.0 cm³/mol. The lowest BCUT2D eigenvalue weighted by molar-refractivity contribution is -0.757. The van der Waals surface area contributed by atoms with E-state index in [9.17, 15) is 39.4 Å². The molecule has 1 rings (SSSR count). The van der Waals surface area contributed by atoms with Gasteiger partial charge in [-0.25, -0.2) is 0 Å². The van der Waals surface area contributed by atoms with Gasteiger partial charge in [-0.3, -0.25) is 19.2 Å². The van der Waals surface area contributed by atoms with E-state index in [4.69, 9.17) is 0 Å². The molecule has 1 aromatic rings. The van der Waals surface area contributed by atoms with Gasteiger partial charge < -0.3 is 19.5 Å². The molecule has 0 heterocycles. The Morgan fingerprint density at radius 3 is 1.53 bits per heavy atom. The molecule has 162 valence electrons. The summed E-state index contributed by atoms with van der Waals surface area (Å²) in [5, 5.41) is 18.4. The SMILES string of the molecule is CN(CCO[N+](=O)[O-])C(=O)c1cc(C(=O)N(C)CCO[N+](=O)[O-])c(C=O)cc1C=O. The van der Waals surface area contributed by atoms with Gasteiger partial charge in [-0.15, -0.1) is 20.2 Å². The van der Waals surface area contributed by atoms with Crippen molar-refractivity contribution >= 4 is 24.4 Å². The van der Waals surface area contributed by atoms with Crippen LogP contribution in [0.15, 0.2) is 12.1 Å². The zero-order valence-corrected chi connectivity index (χ0v) is 16.0. The van der Waals surface area contributed by atoms with E-state index in [-0.39, 0.29) is 35.3 Å². The van der Waals surface area contributed by atoms with Gasteiger partial charge in [-0.2, -0.15) is 0 Å². The monoisotopic (exact) mass is 426 g/mol. The van der Waals surface area contributed by atoms with E-state index in [1.807, 2.05) is 0 Å². The summed E-state index contributed by atoms with van der Waals surface area (Å²) in [5.74, 6) is -1.48. The van der Waals surface area contributed by atoms with Crippen molar-refractivity contribution in [2.45, 2.75) is 0 Å². The summed E-state index contributed by atoms with van der Waals surface area (Å²) in [5.41, 5.74) is -0.755. The number of aldehydes is 2. The molecule has 0 atom stereocenters. The molecule has 0 saturated heterocycles. The topological polar surface area (TPSA) is 180 Å². The second-order valence-corrected chi connectivity index (χ2v) is 5.83. The van der Waals surface area contributed by atoms with E-state index in [1.54, 1.807) is 0 Å². The van der Waals surface area contributed by atoms with Crippen LogP contribution in [-0.2, 0) is 9.68 Å². The fourth-order valence-electron chi connectivity index (χ4n) is 2.32. The van der Waals surface area contributed by atoms with Crippen LogP contribution >= 0.6 is 0 Å². The summed E-state index contributed by atoms with van der Waals surface area (Å²) in [6, 6.07) is 2.11. The molecule has 0 fully saturated rings. The van der Waals surface area contributed by atoms with Crippen molar-refractivity contribution in [2.75, 3.05) is 40.4 Å². The van der Waals surface area contributed by atoms with Crippen LogP contribution in [0.3, 0.4) is 0 Å². The first-order valence-electron chi connectivity index (χ1n) is 8.26. The van der Waals surface area contributed by atoms with Gasteiger partial charge in [0, 0.05) is 38.3 Å². The number of likely N-dealkylation sites (N-methyl/N-ethyl adjacent to an activating group) is 2. The molecule has 14 heteroatoms. The summed E-state index contributed by atoms with van der Waals surface area (Å²) in [6.45, 7) is -1.20. The molecule has 0 N–H and O–H groups in total. The van der Waals surface area contributed by atoms with Gasteiger partial charge in [-0.05, 0) is 12.1 Å². The Kier molecular flexibility index (Phi) is 8.81. The Labute approximate surface area is 169 Å². The molecule has 2 amide bonds. The van der Waals surface area contributed by atoms with E-state index < -0.39 is 35.2 Å². The molecule has 0 spiro atoms. The standard InChI is InChI=1S/C16H18N4O10/c1-17(3-5-29-19(25)26)15(23)13-8-14(12(10-22)7-11(13)9-21)16(24)18(2)4-6-30-20(27)28/h7-10H,3-6H2,1-2H3. The first-order valence-corrected chi connectivity index (χ1v) is 8.26. The first-order chi connectivity index (χ1) is 14.1. The second kappa shape index (κ2) is 11.0. The number of carbonyl (C=O) groups is 4. The van der Waals surface area contributed by atoms with Crippen molar-refractivity contribution in [3.63, 3.8) is 0 Å². The van der Waals surface area contributed by atoms with Crippen LogP contribution in [0.1, 0.15) is 41.4 Å². The molecular formula is C16H18N4O10. The molecule has 0 radical (unpaired) electrons. The van der Waals surface area contributed by atoms with Gasteiger partial charge in [-0.1, -0.05) is 0 Å². The molecule has 30 heavy (non-hydrogen) atoms. The van der Waals surface area contributed by atoms with Crippen LogP contribution in [0.5, 0.6) is 0 Å². The van der Waals surface area contributed by atoms with Crippen LogP contribution in [0, 0.1) is 20.2 Å². The zero-order chi connectivity index (χ0) is 22.8. The minimum absolute atomic E-state index is 0.167. The molecule has 0 aliphatic rings. The van der Waals surface area contributed by atoms with Gasteiger partial charge in [0.1, 0.15) is 13.2 Å². The predicted octanol–water partition coefficient (Wildman–Crippen LogP) is -0.128. The number of amides is 2. The van der Waals surface area contributed by atoms with Crippen molar-refractivity contribution < 1.29 is 39.0 Å². The summed E-state index contributed by atoms with van der Waals surface area (Å²) < 4.78 is 0. The van der Waals surface area contributed by atoms with Crippen LogP contribution < -0.4 is 0 Å². The number of benzene rings is 1. The summed E-state index contributed by atoms with van der Waals surface area (Å²) in [6.07, 6.45) is 0.648. The van der Waals surface area contributed by atoms with Crippen LogP contribution in [-0.4, -0.2) is 84.8 Å². The smallest absolute Gasteiger partial charge is 0.294 e. The average Bonchev–Trinajstić information content (AvgIpc) is 2.70. The molecular weight excluding hydrogens is 408 g/mol. The Balaban J connectivity index is 3.16. The lowest BCUT2D eigenvalue weighted by Crippen LogP contribution is -2.33. The fraction of sp³-hybridized carbons (Fsp3) is 0.375. The van der Waals surface area contributed by atoms with E-state index in [0.717, 1.165) is 21.9 Å². The third-order valence-corrected chi connectivity index (χ3v) is 3.88. The quantitative estimate of drug-likeness (QED) is 0.248. The normalized spacial score (nSPS) is 9.93. The van der Waals surface area contributed by atoms with Gasteiger partial charge in [0.05, 0.1) is 11.1 Å². The molecule has 0 unspecified atom stereocenters. The van der Waals surface area contributed by atoms with Crippen molar-refractivity contribution in [3.05, 3.63) is 54.6 Å². The second-order valence-electron chi connectivity index (χ2n) is 5.83. The number of hydrogen-bond donors (Lipinski definition) is 0. The van der Waals surface area contributed by atoms with Gasteiger partial charge >= 0.3 is 0 Å². The third kappa shape index (κ3) is 6.50. The van der Waals surface area contributed by atoms with Crippen LogP contribution in [0.4, 0.5) is 0 Å². The van der Waals surface area contributed by atoms with Gasteiger partial charge in [0.25, 0.3) is 22.0 Å². The molecule has 0 saturated carbocycles. The number of carbonyl (C=O) groups excluding carboxylic acids is 4. The Morgan fingerprint density at radius 2 is 1.23 bits per heavy atom. The summed E-state index contributed by atoms with van der Waals surface area (Å²) in [4.78, 5) is 78.7. The summed E-state index contributed by atoms with van der Waals surface area (Å²) in [7, 11) is 2.60. The van der Waals surface area contributed by atoms with E-state index in [1.165, 1.54) is 14.1 Å². The van der Waals surface area contributed by atoms with E-state index in [2.05, 4.69) is 9.68 Å². The highest BCUT2D eigenvalue weighted by atomic mass is 17.0. The van der Waals surface area contributed by atoms with E-state index >= 15 is 0 Å². The molecule has 14 nitrogen and oxygen atoms in total. The number of nitrogens with zero attached hydrogens (tertiary/aromatic N) is 4. The number of hydrogen-bond acceptors (Lipinski definition) is 10. The van der Waals surface area contributed by atoms with Crippen molar-refractivity contribution in [1.82, 2.24) is 9.80 Å². The lowest BCUT2D eigenvalue weighted by Gasteiger charge is -2.20. The van der Waals surface area contributed by atoms with Gasteiger partial charge in [0.2, 0.25) is 0 Å². The highest BCUT2D eigenvalue weighted by Gasteiger charge is 2.23. The molecule has 0 aliphatic heterocycles. The highest BCUT2D eigenvalue weighted by molar-refractivity contribution is 6.08. The minimum atomic E-state index is -1.02. The van der Waals surface area contributed by atoms with Crippen molar-refractivity contribution in [1.29, 1.82) is 0 Å². The van der Waals surface area contributed by atoms with Crippen molar-refractivity contribution in [3.8, 4) is 0 Å². The molecule has 0 aromatic heterocycles. The molecule has 0 bridgehead atoms. The minimum Gasteiger partial charge on any atom is -0.340 e. The van der Waals surface area contributed by atoms with Crippen LogP contribution in [0.25, 0.3) is 0 Å². The molecule has 1 aromatic carbocycles. The third-order valence-electron chi connectivity index (χ3n) is 3.88. The Hall–Kier alpha value is -4.10. The largest absolute Gasteiger partial charge is 0.340 e. The Bertz CT molecular complexity index is 791.